The zero-order valence-electron chi connectivity index (χ0n) is 17.7. The molecule has 0 radical (unpaired) electrons. The van der Waals surface area contributed by atoms with Gasteiger partial charge in [0.1, 0.15) is 0 Å². The highest BCUT2D eigenvalue weighted by Crippen LogP contribution is 2.27. The normalized spacial score (nSPS) is 16.7. The van der Waals surface area contributed by atoms with E-state index in [1.807, 2.05) is 44.2 Å². The summed E-state index contributed by atoms with van der Waals surface area (Å²) >= 11 is 1.46. The Morgan fingerprint density at radius 2 is 1.83 bits per heavy atom. The molecule has 0 bridgehead atoms. The summed E-state index contributed by atoms with van der Waals surface area (Å²) in [6.07, 6.45) is 0. The molecule has 1 aliphatic heterocycles. The lowest BCUT2D eigenvalue weighted by Gasteiger charge is -2.28. The summed E-state index contributed by atoms with van der Waals surface area (Å²) in [7, 11) is 0. The van der Waals surface area contributed by atoms with E-state index in [9.17, 15) is 4.79 Å². The number of hydrogen-bond acceptors (Lipinski definition) is 6. The maximum Gasteiger partial charge on any atom is 0.233 e. The molecule has 1 N–H and O–H groups in total. The Labute approximate surface area is 177 Å². The van der Waals surface area contributed by atoms with Crippen LogP contribution in [0.5, 0.6) is 0 Å². The molecular weight excluding hydrogens is 386 g/mol. The predicted octanol–water partition coefficient (Wildman–Crippen LogP) is 3.13. The van der Waals surface area contributed by atoms with Crippen molar-refractivity contribution in [2.24, 2.45) is 5.92 Å². The third kappa shape index (κ3) is 5.73. The Morgan fingerprint density at radius 3 is 2.48 bits per heavy atom. The Kier molecular flexibility index (Phi) is 7.55. The van der Waals surface area contributed by atoms with Crippen molar-refractivity contribution in [3.63, 3.8) is 0 Å². The lowest BCUT2D eigenvalue weighted by molar-refractivity contribution is -0.120. The van der Waals surface area contributed by atoms with Crippen molar-refractivity contribution in [3.05, 3.63) is 35.9 Å². The van der Waals surface area contributed by atoms with Crippen molar-refractivity contribution in [3.8, 4) is 0 Å². The molecule has 2 unspecified atom stereocenters. The van der Waals surface area contributed by atoms with E-state index < -0.39 is 0 Å². The number of morpholine rings is 1. The predicted molar refractivity (Wildman–Crippen MR) is 116 cm³/mol. The highest BCUT2D eigenvalue weighted by Gasteiger charge is 2.25. The minimum absolute atomic E-state index is 0.00151. The molecule has 158 valence electrons. The number of carbonyl (C=O) groups is 1. The van der Waals surface area contributed by atoms with Crippen LogP contribution in [0.4, 0.5) is 5.95 Å². The summed E-state index contributed by atoms with van der Waals surface area (Å²) in [6, 6.07) is 9.96. The molecule has 2 heterocycles. The lowest BCUT2D eigenvalue weighted by atomic mass is 10.1. The van der Waals surface area contributed by atoms with Crippen LogP contribution in [0.1, 0.15) is 39.3 Å². The number of rotatable bonds is 8. The van der Waals surface area contributed by atoms with E-state index in [0.717, 1.165) is 36.3 Å². The molecule has 3 rings (SSSR count). The van der Waals surface area contributed by atoms with Gasteiger partial charge in [-0.1, -0.05) is 55.9 Å². The molecule has 29 heavy (non-hydrogen) atoms. The number of benzene rings is 1. The first-order valence-corrected chi connectivity index (χ1v) is 11.1. The standard InChI is InChI=1S/C21H31N5O2S/c1-15(2)14-26-20(25-10-12-28-13-11-25)23-24-21(26)29-17(4)19(27)22-16(3)18-8-6-5-7-9-18/h5-9,15-17H,10-14H2,1-4H3,(H,22,27). The van der Waals surface area contributed by atoms with Gasteiger partial charge in [0.15, 0.2) is 5.16 Å². The Hall–Kier alpha value is -2.06. The van der Waals surface area contributed by atoms with Crippen LogP contribution >= 0.6 is 11.8 Å². The van der Waals surface area contributed by atoms with Gasteiger partial charge >= 0.3 is 0 Å². The van der Waals surface area contributed by atoms with Gasteiger partial charge in [0, 0.05) is 19.6 Å². The Morgan fingerprint density at radius 1 is 1.14 bits per heavy atom. The van der Waals surface area contributed by atoms with Crippen LogP contribution in [0.25, 0.3) is 0 Å². The van der Waals surface area contributed by atoms with Gasteiger partial charge in [-0.05, 0) is 25.3 Å². The van der Waals surface area contributed by atoms with E-state index in [2.05, 4.69) is 38.8 Å². The van der Waals surface area contributed by atoms with E-state index in [0.29, 0.717) is 19.1 Å². The zero-order chi connectivity index (χ0) is 20.8. The highest BCUT2D eigenvalue weighted by molar-refractivity contribution is 8.00. The summed E-state index contributed by atoms with van der Waals surface area (Å²) < 4.78 is 7.61. The molecule has 0 saturated carbocycles. The summed E-state index contributed by atoms with van der Waals surface area (Å²) in [4.78, 5) is 15.0. The molecule has 7 nitrogen and oxygen atoms in total. The minimum Gasteiger partial charge on any atom is -0.378 e. The van der Waals surface area contributed by atoms with Crippen LogP contribution < -0.4 is 10.2 Å². The monoisotopic (exact) mass is 417 g/mol. The maximum atomic E-state index is 12.8. The third-order valence-corrected chi connectivity index (χ3v) is 5.93. The van der Waals surface area contributed by atoms with Crippen LogP contribution in [-0.2, 0) is 16.1 Å². The van der Waals surface area contributed by atoms with E-state index >= 15 is 0 Å². The van der Waals surface area contributed by atoms with Crippen molar-refractivity contribution < 1.29 is 9.53 Å². The fourth-order valence-electron chi connectivity index (χ4n) is 3.26. The van der Waals surface area contributed by atoms with Crippen LogP contribution in [0.2, 0.25) is 0 Å². The highest BCUT2D eigenvalue weighted by atomic mass is 32.2. The molecule has 8 heteroatoms. The fourth-order valence-corrected chi connectivity index (χ4v) is 4.12. The van der Waals surface area contributed by atoms with Crippen molar-refractivity contribution in [1.29, 1.82) is 0 Å². The van der Waals surface area contributed by atoms with Crippen molar-refractivity contribution >= 4 is 23.6 Å². The second-order valence-electron chi connectivity index (χ2n) is 7.79. The summed E-state index contributed by atoms with van der Waals surface area (Å²) in [5.41, 5.74) is 1.09. The topological polar surface area (TPSA) is 72.3 Å². The van der Waals surface area contributed by atoms with Gasteiger partial charge in [-0.15, -0.1) is 10.2 Å². The Balaban J connectivity index is 1.69. The van der Waals surface area contributed by atoms with Gasteiger partial charge in [0.2, 0.25) is 11.9 Å². The van der Waals surface area contributed by atoms with Crippen LogP contribution in [-0.4, -0.2) is 52.2 Å². The van der Waals surface area contributed by atoms with E-state index in [1.165, 1.54) is 11.8 Å². The SMILES string of the molecule is CC(C)Cn1c(SC(C)C(=O)NC(C)c2ccccc2)nnc1N1CCOCC1. The number of nitrogens with zero attached hydrogens (tertiary/aromatic N) is 4. The van der Waals surface area contributed by atoms with Crippen LogP contribution in [0, 0.1) is 5.92 Å². The molecule has 0 aliphatic carbocycles. The van der Waals surface area contributed by atoms with E-state index in [-0.39, 0.29) is 17.2 Å². The van der Waals surface area contributed by atoms with Crippen molar-refractivity contribution in [2.75, 3.05) is 31.2 Å². The fraction of sp³-hybridized carbons (Fsp3) is 0.571. The molecule has 1 aromatic carbocycles. The smallest absolute Gasteiger partial charge is 0.233 e. The number of aromatic nitrogens is 3. The van der Waals surface area contributed by atoms with Gasteiger partial charge in [-0.25, -0.2) is 0 Å². The number of hydrogen-bond donors (Lipinski definition) is 1. The molecule has 1 fully saturated rings. The van der Waals surface area contributed by atoms with Gasteiger partial charge in [0.05, 0.1) is 24.5 Å². The largest absolute Gasteiger partial charge is 0.378 e. The quantitative estimate of drug-likeness (QED) is 0.666. The number of carbonyl (C=O) groups excluding carboxylic acids is 1. The molecule has 1 saturated heterocycles. The van der Waals surface area contributed by atoms with Gasteiger partial charge in [0.25, 0.3) is 0 Å². The molecular formula is C21H31N5O2S. The second kappa shape index (κ2) is 10.1. The maximum absolute atomic E-state index is 12.8. The molecule has 1 aliphatic rings. The van der Waals surface area contributed by atoms with Gasteiger partial charge in [-0.3, -0.25) is 9.36 Å². The number of amides is 1. The summed E-state index contributed by atoms with van der Waals surface area (Å²) in [6.45, 7) is 12.1. The molecule has 1 aromatic heterocycles. The number of ether oxygens (including phenoxy) is 1. The third-order valence-electron chi connectivity index (χ3n) is 4.85. The van der Waals surface area contributed by atoms with Crippen LogP contribution in [0.3, 0.4) is 0 Å². The molecule has 1 amide bonds. The average molecular weight is 418 g/mol. The molecule has 2 aromatic rings. The van der Waals surface area contributed by atoms with E-state index in [4.69, 9.17) is 4.74 Å². The zero-order valence-corrected chi connectivity index (χ0v) is 18.5. The number of nitrogens with one attached hydrogen (secondary N) is 1. The molecule has 0 spiro atoms. The van der Waals surface area contributed by atoms with Crippen LogP contribution in [0.15, 0.2) is 35.5 Å². The number of anilines is 1. The van der Waals surface area contributed by atoms with Gasteiger partial charge in [-0.2, -0.15) is 0 Å². The Bertz CT molecular complexity index is 790. The average Bonchev–Trinajstić information content (AvgIpc) is 3.10. The van der Waals surface area contributed by atoms with E-state index in [1.54, 1.807) is 0 Å². The minimum atomic E-state index is -0.270. The molecule has 2 atom stereocenters. The first-order valence-electron chi connectivity index (χ1n) is 10.2. The second-order valence-corrected chi connectivity index (χ2v) is 9.10. The van der Waals surface area contributed by atoms with Gasteiger partial charge < -0.3 is 15.0 Å². The summed E-state index contributed by atoms with van der Waals surface area (Å²) in [5, 5.41) is 12.5. The van der Waals surface area contributed by atoms with Crippen molar-refractivity contribution in [1.82, 2.24) is 20.1 Å². The first-order chi connectivity index (χ1) is 14.0. The summed E-state index contributed by atoms with van der Waals surface area (Å²) in [5.74, 6) is 1.32. The first kappa shape index (κ1) is 21.6. The number of thioether (sulfide) groups is 1. The lowest BCUT2D eigenvalue weighted by Crippen LogP contribution is -2.38. The van der Waals surface area contributed by atoms with Crippen molar-refractivity contribution in [2.45, 2.75) is 50.7 Å².